The van der Waals surface area contributed by atoms with Crippen LogP contribution in [0.5, 0.6) is 0 Å². The summed E-state index contributed by atoms with van der Waals surface area (Å²) in [4.78, 5) is 23.4. The van der Waals surface area contributed by atoms with Crippen LogP contribution in [0.2, 0.25) is 0 Å². The van der Waals surface area contributed by atoms with Gasteiger partial charge >= 0.3 is 11.9 Å². The van der Waals surface area contributed by atoms with Crippen LogP contribution in [-0.4, -0.2) is 33.6 Å². The van der Waals surface area contributed by atoms with Gasteiger partial charge < -0.3 is 9.88 Å². The smallest absolute Gasteiger partial charge is 0.361 e. The SMILES string of the molecule is Cc1ccc(Cn2c(=O)[nH]c3c(N(C)C)nc(C(F)(F)F)nc32)cc1. The standard InChI is InChI=1S/C16H16F3N5O/c1-9-4-6-10(7-5-9)8-24-13-11(20-15(24)25)12(23(2)3)21-14(22-13)16(17,18)19/h4-7H,8H2,1-3H3,(H,20,25). The van der Waals surface area contributed by atoms with Crippen LogP contribution in [-0.2, 0) is 12.7 Å². The first-order valence-electron chi connectivity index (χ1n) is 7.47. The number of hydrogen-bond acceptors (Lipinski definition) is 4. The molecule has 25 heavy (non-hydrogen) atoms. The molecule has 0 saturated carbocycles. The Bertz CT molecular complexity index is 970. The van der Waals surface area contributed by atoms with Crippen molar-refractivity contribution in [1.82, 2.24) is 19.5 Å². The van der Waals surface area contributed by atoms with Crippen molar-refractivity contribution in [2.75, 3.05) is 19.0 Å². The van der Waals surface area contributed by atoms with Crippen LogP contribution in [0.1, 0.15) is 17.0 Å². The van der Waals surface area contributed by atoms with Crippen LogP contribution in [0.4, 0.5) is 19.0 Å². The number of alkyl halides is 3. The van der Waals surface area contributed by atoms with Crippen LogP contribution >= 0.6 is 0 Å². The fraction of sp³-hybridized carbons (Fsp3) is 0.312. The molecule has 0 aliphatic carbocycles. The van der Waals surface area contributed by atoms with Crippen molar-refractivity contribution in [2.45, 2.75) is 19.6 Å². The lowest BCUT2D eigenvalue weighted by Crippen LogP contribution is -2.19. The predicted octanol–water partition coefficient (Wildman–Crippen LogP) is 2.56. The van der Waals surface area contributed by atoms with E-state index in [1.165, 1.54) is 9.47 Å². The van der Waals surface area contributed by atoms with Crippen LogP contribution in [0.25, 0.3) is 11.2 Å². The maximum Gasteiger partial charge on any atom is 0.451 e. The summed E-state index contributed by atoms with van der Waals surface area (Å²) in [6.07, 6.45) is -4.71. The summed E-state index contributed by atoms with van der Waals surface area (Å²) in [6, 6.07) is 7.38. The van der Waals surface area contributed by atoms with Crippen molar-refractivity contribution >= 4 is 17.0 Å². The van der Waals surface area contributed by atoms with Gasteiger partial charge in [-0.1, -0.05) is 29.8 Å². The topological polar surface area (TPSA) is 66.8 Å². The largest absolute Gasteiger partial charge is 0.451 e. The second kappa shape index (κ2) is 5.91. The molecule has 0 saturated heterocycles. The molecule has 0 unspecified atom stereocenters. The van der Waals surface area contributed by atoms with Gasteiger partial charge in [0.05, 0.1) is 6.54 Å². The highest BCUT2D eigenvalue weighted by Crippen LogP contribution is 2.30. The molecule has 0 fully saturated rings. The molecule has 0 aliphatic rings. The van der Waals surface area contributed by atoms with E-state index in [9.17, 15) is 18.0 Å². The van der Waals surface area contributed by atoms with Gasteiger partial charge in [0, 0.05) is 14.1 Å². The number of nitrogens with one attached hydrogen (secondary N) is 1. The molecule has 0 amide bonds. The fourth-order valence-corrected chi connectivity index (χ4v) is 2.49. The number of aryl methyl sites for hydroxylation is 1. The first kappa shape index (κ1) is 17.0. The maximum atomic E-state index is 13.1. The fourth-order valence-electron chi connectivity index (χ4n) is 2.49. The molecule has 132 valence electrons. The lowest BCUT2D eigenvalue weighted by Gasteiger charge is -2.14. The van der Waals surface area contributed by atoms with E-state index in [2.05, 4.69) is 15.0 Å². The third-order valence-electron chi connectivity index (χ3n) is 3.74. The van der Waals surface area contributed by atoms with Gasteiger partial charge in [-0.3, -0.25) is 4.57 Å². The van der Waals surface area contributed by atoms with E-state index >= 15 is 0 Å². The van der Waals surface area contributed by atoms with Crippen LogP contribution in [0.3, 0.4) is 0 Å². The van der Waals surface area contributed by atoms with E-state index in [1.807, 2.05) is 31.2 Å². The van der Waals surface area contributed by atoms with E-state index in [0.29, 0.717) is 0 Å². The third-order valence-corrected chi connectivity index (χ3v) is 3.74. The summed E-state index contributed by atoms with van der Waals surface area (Å²) in [5.41, 5.74) is 1.40. The second-order valence-corrected chi connectivity index (χ2v) is 5.96. The van der Waals surface area contributed by atoms with Gasteiger partial charge in [-0.25, -0.2) is 14.8 Å². The minimum Gasteiger partial charge on any atom is -0.361 e. The van der Waals surface area contributed by atoms with Gasteiger partial charge in [-0.2, -0.15) is 13.2 Å². The molecule has 2 aromatic heterocycles. The zero-order chi connectivity index (χ0) is 18.4. The molecule has 6 nitrogen and oxygen atoms in total. The lowest BCUT2D eigenvalue weighted by molar-refractivity contribution is -0.144. The number of imidazole rings is 1. The highest BCUT2D eigenvalue weighted by molar-refractivity contribution is 5.83. The summed E-state index contributed by atoms with van der Waals surface area (Å²) in [7, 11) is 3.11. The molecule has 0 radical (unpaired) electrons. The Labute approximate surface area is 140 Å². The van der Waals surface area contributed by atoms with E-state index in [4.69, 9.17) is 0 Å². The van der Waals surface area contributed by atoms with Crippen molar-refractivity contribution in [3.05, 3.63) is 51.7 Å². The first-order valence-corrected chi connectivity index (χ1v) is 7.47. The Morgan fingerprint density at radius 1 is 1.16 bits per heavy atom. The molecule has 3 rings (SSSR count). The number of aromatic nitrogens is 4. The minimum atomic E-state index is -4.71. The summed E-state index contributed by atoms with van der Waals surface area (Å²) in [5, 5.41) is 0. The molecule has 0 bridgehead atoms. The Hall–Kier alpha value is -2.84. The molecular formula is C16H16F3N5O. The number of hydrogen-bond donors (Lipinski definition) is 1. The van der Waals surface area contributed by atoms with Crippen molar-refractivity contribution in [1.29, 1.82) is 0 Å². The highest BCUT2D eigenvalue weighted by Gasteiger charge is 2.36. The Balaban J connectivity index is 2.21. The maximum absolute atomic E-state index is 13.1. The van der Waals surface area contributed by atoms with Crippen LogP contribution < -0.4 is 10.6 Å². The number of nitrogens with zero attached hydrogens (tertiary/aromatic N) is 4. The summed E-state index contributed by atoms with van der Waals surface area (Å²) >= 11 is 0. The van der Waals surface area contributed by atoms with Crippen molar-refractivity contribution in [2.24, 2.45) is 0 Å². The number of aromatic amines is 1. The molecule has 2 heterocycles. The van der Waals surface area contributed by atoms with E-state index in [0.717, 1.165) is 11.1 Å². The molecule has 0 spiro atoms. The molecular weight excluding hydrogens is 335 g/mol. The van der Waals surface area contributed by atoms with Crippen molar-refractivity contribution in [3.8, 4) is 0 Å². The zero-order valence-electron chi connectivity index (χ0n) is 13.8. The summed E-state index contributed by atoms with van der Waals surface area (Å²) in [5.74, 6) is -1.27. The monoisotopic (exact) mass is 351 g/mol. The predicted molar refractivity (Wildman–Crippen MR) is 87.8 cm³/mol. The second-order valence-electron chi connectivity index (χ2n) is 5.96. The van der Waals surface area contributed by atoms with Gasteiger partial charge in [0.2, 0.25) is 5.82 Å². The van der Waals surface area contributed by atoms with Gasteiger partial charge in [-0.15, -0.1) is 0 Å². The lowest BCUT2D eigenvalue weighted by atomic mass is 10.1. The third kappa shape index (κ3) is 3.21. The van der Waals surface area contributed by atoms with Gasteiger partial charge in [0.25, 0.3) is 0 Å². The number of rotatable bonds is 3. The van der Waals surface area contributed by atoms with Gasteiger partial charge in [0.15, 0.2) is 11.5 Å². The first-order chi connectivity index (χ1) is 11.7. The molecule has 9 heteroatoms. The van der Waals surface area contributed by atoms with Gasteiger partial charge in [0.1, 0.15) is 5.52 Å². The molecule has 1 N–H and O–H groups in total. The summed E-state index contributed by atoms with van der Waals surface area (Å²) in [6.45, 7) is 2.04. The average Bonchev–Trinajstić information content (AvgIpc) is 2.83. The van der Waals surface area contributed by atoms with E-state index in [1.54, 1.807) is 14.1 Å². The Morgan fingerprint density at radius 3 is 2.36 bits per heavy atom. The van der Waals surface area contributed by atoms with E-state index < -0.39 is 17.7 Å². The van der Waals surface area contributed by atoms with Crippen molar-refractivity contribution in [3.63, 3.8) is 0 Å². The van der Waals surface area contributed by atoms with Crippen molar-refractivity contribution < 1.29 is 13.2 Å². The highest BCUT2D eigenvalue weighted by atomic mass is 19.4. The number of H-pyrrole nitrogens is 1. The summed E-state index contributed by atoms with van der Waals surface area (Å²) < 4.78 is 40.6. The molecule has 0 aliphatic heterocycles. The quantitative estimate of drug-likeness (QED) is 0.788. The zero-order valence-corrected chi connectivity index (χ0v) is 13.8. The molecule has 0 atom stereocenters. The van der Waals surface area contributed by atoms with Gasteiger partial charge in [-0.05, 0) is 12.5 Å². The number of benzene rings is 1. The minimum absolute atomic E-state index is 0.0112. The Kier molecular flexibility index (Phi) is 4.02. The number of anilines is 1. The van der Waals surface area contributed by atoms with Crippen LogP contribution in [0, 0.1) is 6.92 Å². The van der Waals surface area contributed by atoms with E-state index in [-0.39, 0.29) is 23.5 Å². The number of halogens is 3. The number of fused-ring (bicyclic) bond motifs is 1. The normalized spacial score (nSPS) is 11.9. The van der Waals surface area contributed by atoms with Crippen LogP contribution in [0.15, 0.2) is 29.1 Å². The average molecular weight is 351 g/mol. The molecule has 1 aromatic carbocycles. The Morgan fingerprint density at radius 2 is 1.80 bits per heavy atom. The molecule has 3 aromatic rings.